The molecule has 19 heavy (non-hydrogen) atoms. The lowest BCUT2D eigenvalue weighted by Crippen LogP contribution is -2.15. The van der Waals surface area contributed by atoms with Gasteiger partial charge in [0.25, 0.3) is 0 Å². The molecule has 102 valence electrons. The molecule has 0 spiro atoms. The van der Waals surface area contributed by atoms with Crippen LogP contribution in [0.2, 0.25) is 0 Å². The fraction of sp³-hybridized carbons (Fsp3) is 0.500. The van der Waals surface area contributed by atoms with E-state index >= 15 is 0 Å². The van der Waals surface area contributed by atoms with Gasteiger partial charge >= 0.3 is 0 Å². The van der Waals surface area contributed by atoms with Crippen LogP contribution in [0.25, 0.3) is 11.0 Å². The molecule has 5 nitrogen and oxygen atoms in total. The van der Waals surface area contributed by atoms with Crippen LogP contribution in [0, 0.1) is 0 Å². The van der Waals surface area contributed by atoms with E-state index in [1.807, 2.05) is 12.1 Å². The molecule has 0 fully saturated rings. The van der Waals surface area contributed by atoms with Crippen molar-refractivity contribution in [3.05, 3.63) is 18.0 Å². The van der Waals surface area contributed by atoms with Crippen molar-refractivity contribution < 1.29 is 9.47 Å². The average Bonchev–Trinajstić information content (AvgIpc) is 2.85. The Morgan fingerprint density at radius 2 is 2.05 bits per heavy atom. The van der Waals surface area contributed by atoms with Gasteiger partial charge in [-0.1, -0.05) is 6.92 Å². The first-order chi connectivity index (χ1) is 9.28. The van der Waals surface area contributed by atoms with Crippen molar-refractivity contribution in [2.24, 2.45) is 5.73 Å². The molecule has 1 aliphatic rings. The summed E-state index contributed by atoms with van der Waals surface area (Å²) in [6, 6.07) is 3.91. The van der Waals surface area contributed by atoms with E-state index in [4.69, 9.17) is 15.2 Å². The Balaban J connectivity index is 1.92. The number of nitrogens with two attached hydrogens (primary N) is 1. The molecule has 1 aliphatic heterocycles. The van der Waals surface area contributed by atoms with Crippen LogP contribution in [0.15, 0.2) is 12.1 Å². The van der Waals surface area contributed by atoms with Crippen molar-refractivity contribution in [2.75, 3.05) is 19.8 Å². The molecule has 0 aliphatic carbocycles. The third-order valence-corrected chi connectivity index (χ3v) is 3.47. The van der Waals surface area contributed by atoms with Gasteiger partial charge in [0.15, 0.2) is 11.5 Å². The molecule has 2 aromatic rings. The Morgan fingerprint density at radius 1 is 1.32 bits per heavy atom. The number of aromatic amines is 1. The quantitative estimate of drug-likeness (QED) is 0.884. The van der Waals surface area contributed by atoms with Crippen molar-refractivity contribution in [1.82, 2.24) is 9.97 Å². The molecule has 0 bridgehead atoms. The number of fused-ring (bicyclic) bond motifs is 2. The van der Waals surface area contributed by atoms with E-state index in [-0.39, 0.29) is 0 Å². The highest BCUT2D eigenvalue weighted by atomic mass is 16.6. The zero-order valence-corrected chi connectivity index (χ0v) is 11.1. The summed E-state index contributed by atoms with van der Waals surface area (Å²) in [5.41, 5.74) is 7.48. The second kappa shape index (κ2) is 5.09. The minimum Gasteiger partial charge on any atom is -0.486 e. The summed E-state index contributed by atoms with van der Waals surface area (Å²) in [4.78, 5) is 8.01. The molecule has 0 radical (unpaired) electrons. The number of rotatable bonds is 4. The van der Waals surface area contributed by atoms with E-state index in [9.17, 15) is 0 Å². The third kappa shape index (κ3) is 2.38. The first-order valence-electron chi connectivity index (χ1n) is 6.77. The summed E-state index contributed by atoms with van der Waals surface area (Å²) < 4.78 is 11.1. The van der Waals surface area contributed by atoms with E-state index in [2.05, 4.69) is 16.9 Å². The maximum atomic E-state index is 5.58. The van der Waals surface area contributed by atoms with Gasteiger partial charge in [0.05, 0.1) is 11.0 Å². The van der Waals surface area contributed by atoms with Gasteiger partial charge in [0, 0.05) is 18.1 Å². The fourth-order valence-electron chi connectivity index (χ4n) is 2.36. The Morgan fingerprint density at radius 3 is 2.79 bits per heavy atom. The molecule has 1 atom stereocenters. The highest BCUT2D eigenvalue weighted by molar-refractivity contribution is 5.80. The molecule has 1 aromatic carbocycles. The highest BCUT2D eigenvalue weighted by Gasteiger charge is 2.16. The SMILES string of the molecule is CC(CCCN)c1nc2cc3c(cc2[nH]1)OCCO3. The number of aromatic nitrogens is 2. The summed E-state index contributed by atoms with van der Waals surface area (Å²) in [5.74, 6) is 2.97. The van der Waals surface area contributed by atoms with Crippen molar-refractivity contribution >= 4 is 11.0 Å². The minimum absolute atomic E-state index is 0.384. The van der Waals surface area contributed by atoms with Crippen LogP contribution in [0.5, 0.6) is 11.5 Å². The van der Waals surface area contributed by atoms with Gasteiger partial charge in [-0.25, -0.2) is 4.98 Å². The largest absolute Gasteiger partial charge is 0.486 e. The summed E-state index contributed by atoms with van der Waals surface area (Å²) >= 11 is 0. The first-order valence-corrected chi connectivity index (χ1v) is 6.77. The monoisotopic (exact) mass is 261 g/mol. The zero-order valence-electron chi connectivity index (χ0n) is 11.1. The molecular weight excluding hydrogens is 242 g/mol. The van der Waals surface area contributed by atoms with Gasteiger partial charge < -0.3 is 20.2 Å². The molecule has 3 rings (SSSR count). The predicted octanol–water partition coefficient (Wildman–Crippen LogP) is 2.18. The van der Waals surface area contributed by atoms with Crippen LogP contribution in [0.1, 0.15) is 31.5 Å². The first kappa shape index (κ1) is 12.3. The smallest absolute Gasteiger partial charge is 0.163 e. The lowest BCUT2D eigenvalue weighted by Gasteiger charge is -2.17. The second-order valence-corrected chi connectivity index (χ2v) is 4.97. The molecule has 0 saturated carbocycles. The molecule has 5 heteroatoms. The van der Waals surface area contributed by atoms with Crippen LogP contribution in [0.3, 0.4) is 0 Å². The number of ether oxygens (including phenoxy) is 2. The summed E-state index contributed by atoms with van der Waals surface area (Å²) in [6.07, 6.45) is 2.06. The Kier molecular flexibility index (Phi) is 3.29. The van der Waals surface area contributed by atoms with Gasteiger partial charge in [-0.15, -0.1) is 0 Å². The van der Waals surface area contributed by atoms with Gasteiger partial charge in [0.1, 0.15) is 19.0 Å². The number of benzene rings is 1. The minimum atomic E-state index is 0.384. The topological polar surface area (TPSA) is 73.2 Å². The van der Waals surface area contributed by atoms with Crippen LogP contribution in [0.4, 0.5) is 0 Å². The number of hydrogen-bond acceptors (Lipinski definition) is 4. The van der Waals surface area contributed by atoms with Crippen LogP contribution < -0.4 is 15.2 Å². The summed E-state index contributed by atoms with van der Waals surface area (Å²) in [5, 5.41) is 0. The Labute approximate surface area is 112 Å². The normalized spacial score (nSPS) is 15.7. The summed E-state index contributed by atoms with van der Waals surface area (Å²) in [7, 11) is 0. The van der Waals surface area contributed by atoms with E-state index in [0.29, 0.717) is 19.1 Å². The van der Waals surface area contributed by atoms with Gasteiger partial charge in [-0.3, -0.25) is 0 Å². The number of nitrogens with one attached hydrogen (secondary N) is 1. The molecule has 2 heterocycles. The van der Waals surface area contributed by atoms with Gasteiger partial charge in [0.2, 0.25) is 0 Å². The van der Waals surface area contributed by atoms with Crippen molar-refractivity contribution in [2.45, 2.75) is 25.7 Å². The number of hydrogen-bond donors (Lipinski definition) is 2. The maximum Gasteiger partial charge on any atom is 0.163 e. The van der Waals surface area contributed by atoms with E-state index in [1.54, 1.807) is 0 Å². The van der Waals surface area contributed by atoms with Crippen molar-refractivity contribution in [1.29, 1.82) is 0 Å². The van der Waals surface area contributed by atoms with Crippen LogP contribution in [-0.4, -0.2) is 29.7 Å². The predicted molar refractivity (Wildman–Crippen MR) is 73.8 cm³/mol. The van der Waals surface area contributed by atoms with Crippen LogP contribution in [-0.2, 0) is 0 Å². The fourth-order valence-corrected chi connectivity index (χ4v) is 2.36. The van der Waals surface area contributed by atoms with E-state index in [0.717, 1.165) is 47.7 Å². The van der Waals surface area contributed by atoms with Crippen LogP contribution >= 0.6 is 0 Å². The lowest BCUT2D eigenvalue weighted by molar-refractivity contribution is 0.172. The van der Waals surface area contributed by atoms with Gasteiger partial charge in [-0.05, 0) is 19.4 Å². The van der Waals surface area contributed by atoms with Crippen molar-refractivity contribution in [3.8, 4) is 11.5 Å². The van der Waals surface area contributed by atoms with Crippen molar-refractivity contribution in [3.63, 3.8) is 0 Å². The Bertz CT molecular complexity index is 536. The number of nitrogens with zero attached hydrogens (tertiary/aromatic N) is 1. The molecule has 3 N–H and O–H groups in total. The number of imidazole rings is 1. The van der Waals surface area contributed by atoms with E-state index < -0.39 is 0 Å². The Hall–Kier alpha value is -1.75. The standard InChI is InChI=1S/C14H19N3O2/c1-9(3-2-4-15)14-16-10-7-12-13(8-11(10)17-14)19-6-5-18-12/h7-9H,2-6,15H2,1H3,(H,16,17). The molecule has 0 amide bonds. The second-order valence-electron chi connectivity index (χ2n) is 4.97. The molecule has 1 unspecified atom stereocenters. The average molecular weight is 261 g/mol. The third-order valence-electron chi connectivity index (χ3n) is 3.47. The van der Waals surface area contributed by atoms with E-state index in [1.165, 1.54) is 0 Å². The van der Waals surface area contributed by atoms with Gasteiger partial charge in [-0.2, -0.15) is 0 Å². The lowest BCUT2D eigenvalue weighted by atomic mass is 10.1. The molecule has 0 saturated heterocycles. The maximum absolute atomic E-state index is 5.58. The molecule has 1 aromatic heterocycles. The molecular formula is C14H19N3O2. The summed E-state index contributed by atoms with van der Waals surface area (Å²) in [6.45, 7) is 4.09. The highest BCUT2D eigenvalue weighted by Crippen LogP contribution is 2.34. The number of H-pyrrole nitrogens is 1. The zero-order chi connectivity index (χ0) is 13.2.